The summed E-state index contributed by atoms with van der Waals surface area (Å²) in [7, 11) is 0. The maximum Gasteiger partial charge on any atom is 0.410 e. The molecule has 2 amide bonds. The number of hydrogen-bond donors (Lipinski definition) is 2. The Morgan fingerprint density at radius 3 is 2.19 bits per heavy atom. The van der Waals surface area contributed by atoms with E-state index in [1.165, 1.54) is 0 Å². The van der Waals surface area contributed by atoms with Crippen LogP contribution in [-0.2, 0) is 14.3 Å². The third-order valence-corrected chi connectivity index (χ3v) is 11.0. The molecule has 4 aliphatic heterocycles. The molecule has 1 aromatic carbocycles. The van der Waals surface area contributed by atoms with Crippen molar-refractivity contribution in [2.45, 2.75) is 108 Å². The zero-order chi connectivity index (χ0) is 33.6. The summed E-state index contributed by atoms with van der Waals surface area (Å²) in [6.07, 6.45) is 7.91. The molecule has 1 aromatic heterocycles. The van der Waals surface area contributed by atoms with Crippen LogP contribution in [0.15, 0.2) is 30.3 Å². The summed E-state index contributed by atoms with van der Waals surface area (Å²) >= 11 is 0. The number of piperazine rings is 1. The molecular weight excluding hydrogens is 610 g/mol. The fourth-order valence-electron chi connectivity index (χ4n) is 8.37. The molecular formula is C36H51N7O5. The minimum atomic E-state index is -0.474. The Bertz CT molecular complexity index is 1460. The Balaban J connectivity index is 0.860. The third-order valence-electron chi connectivity index (χ3n) is 11.0. The van der Waals surface area contributed by atoms with E-state index in [0.717, 1.165) is 83.2 Å². The van der Waals surface area contributed by atoms with E-state index in [2.05, 4.69) is 24.9 Å². The van der Waals surface area contributed by atoms with Crippen molar-refractivity contribution in [1.82, 2.24) is 24.9 Å². The fourth-order valence-corrected chi connectivity index (χ4v) is 8.37. The van der Waals surface area contributed by atoms with E-state index in [1.807, 2.05) is 39.0 Å². The van der Waals surface area contributed by atoms with Crippen molar-refractivity contribution in [3.8, 4) is 17.0 Å². The van der Waals surface area contributed by atoms with Crippen LogP contribution in [0.1, 0.15) is 72.1 Å². The number of hydrogen-bond acceptors (Lipinski definition) is 10. The molecule has 5 fully saturated rings. The zero-order valence-electron chi connectivity index (χ0n) is 28.6. The number of anilines is 2. The van der Waals surface area contributed by atoms with Crippen molar-refractivity contribution in [2.75, 3.05) is 49.9 Å². The first-order valence-corrected chi connectivity index (χ1v) is 17.9. The molecule has 12 heteroatoms. The average molecular weight is 662 g/mol. The second-order valence-electron chi connectivity index (χ2n) is 15.4. The molecule has 2 aromatic rings. The van der Waals surface area contributed by atoms with Crippen molar-refractivity contribution in [1.29, 1.82) is 0 Å². The number of nitrogens with zero attached hydrogens (tertiary/aromatic N) is 6. The Labute approximate surface area is 283 Å². The topological polar surface area (TPSA) is 138 Å². The van der Waals surface area contributed by atoms with Gasteiger partial charge in [-0.3, -0.25) is 4.79 Å². The van der Waals surface area contributed by atoms with Gasteiger partial charge in [-0.25, -0.2) is 4.79 Å². The highest BCUT2D eigenvalue weighted by Crippen LogP contribution is 2.39. The second-order valence-corrected chi connectivity index (χ2v) is 15.4. The third kappa shape index (κ3) is 6.92. The molecule has 2 atom stereocenters. The zero-order valence-corrected chi connectivity index (χ0v) is 28.6. The van der Waals surface area contributed by atoms with Gasteiger partial charge < -0.3 is 39.9 Å². The maximum atomic E-state index is 13.9. The van der Waals surface area contributed by atoms with E-state index in [1.54, 1.807) is 17.0 Å². The summed E-state index contributed by atoms with van der Waals surface area (Å²) in [5.41, 5.74) is 7.86. The van der Waals surface area contributed by atoms with E-state index < -0.39 is 5.60 Å². The first kappa shape index (κ1) is 32.9. The number of rotatable bonds is 6. The van der Waals surface area contributed by atoms with Gasteiger partial charge in [-0.05, 0) is 103 Å². The Morgan fingerprint density at radius 1 is 0.875 bits per heavy atom. The van der Waals surface area contributed by atoms with Crippen molar-refractivity contribution < 1.29 is 24.2 Å². The predicted octanol–water partition coefficient (Wildman–Crippen LogP) is 4.27. The van der Waals surface area contributed by atoms with Gasteiger partial charge in [0.1, 0.15) is 11.4 Å². The molecule has 12 nitrogen and oxygen atoms in total. The van der Waals surface area contributed by atoms with E-state index in [-0.39, 0.29) is 35.9 Å². The molecule has 0 radical (unpaired) electrons. The number of fused-ring (bicyclic) bond motifs is 2. The number of piperidine rings is 2. The summed E-state index contributed by atoms with van der Waals surface area (Å²) in [5, 5.41) is 18.8. The highest BCUT2D eigenvalue weighted by Gasteiger charge is 2.46. The molecule has 0 spiro atoms. The van der Waals surface area contributed by atoms with Crippen molar-refractivity contribution in [3.63, 3.8) is 0 Å². The number of nitrogen functional groups attached to an aromatic ring is 1. The molecule has 5 heterocycles. The van der Waals surface area contributed by atoms with E-state index >= 15 is 0 Å². The number of aromatic hydroxyl groups is 1. The molecule has 7 rings (SSSR count). The summed E-state index contributed by atoms with van der Waals surface area (Å²) in [6, 6.07) is 9.88. The largest absolute Gasteiger partial charge is 0.507 e. The van der Waals surface area contributed by atoms with Crippen LogP contribution in [0.2, 0.25) is 0 Å². The van der Waals surface area contributed by atoms with Gasteiger partial charge in [-0.1, -0.05) is 12.1 Å². The van der Waals surface area contributed by atoms with Crippen molar-refractivity contribution in [3.05, 3.63) is 30.3 Å². The Kier molecular flexibility index (Phi) is 9.14. The van der Waals surface area contributed by atoms with Crippen LogP contribution in [-0.4, -0.2) is 117 Å². The Morgan fingerprint density at radius 2 is 1.54 bits per heavy atom. The van der Waals surface area contributed by atoms with Gasteiger partial charge >= 0.3 is 6.09 Å². The number of aromatic nitrogens is 2. The van der Waals surface area contributed by atoms with Crippen molar-refractivity contribution >= 4 is 23.5 Å². The highest BCUT2D eigenvalue weighted by molar-refractivity contribution is 5.81. The number of carbonyl (C=O) groups excluding carboxylic acids is 2. The number of phenolic OH excluding ortho intramolecular Hbond substituents is 1. The van der Waals surface area contributed by atoms with Gasteiger partial charge in [-0.2, -0.15) is 0 Å². The minimum absolute atomic E-state index is 0.0819. The molecule has 48 heavy (non-hydrogen) atoms. The first-order chi connectivity index (χ1) is 23.0. The number of carbonyl (C=O) groups is 2. The van der Waals surface area contributed by atoms with Crippen LogP contribution in [0.4, 0.5) is 16.3 Å². The number of nitrogens with two attached hydrogens (primary N) is 1. The van der Waals surface area contributed by atoms with E-state index in [4.69, 9.17) is 15.2 Å². The molecule has 1 saturated carbocycles. The van der Waals surface area contributed by atoms with E-state index in [0.29, 0.717) is 48.2 Å². The minimum Gasteiger partial charge on any atom is -0.507 e. The van der Waals surface area contributed by atoms with Crippen LogP contribution in [0.5, 0.6) is 5.75 Å². The summed E-state index contributed by atoms with van der Waals surface area (Å²) in [5.74, 6) is 0.931. The van der Waals surface area contributed by atoms with Gasteiger partial charge in [0.15, 0.2) is 5.82 Å². The fraction of sp³-hybridized carbons (Fsp3) is 0.667. The maximum absolute atomic E-state index is 13.9. The molecule has 1 aliphatic carbocycles. The number of likely N-dealkylation sites (tertiary alicyclic amines) is 2. The Hall–Kier alpha value is -3.64. The number of amides is 2. The second kappa shape index (κ2) is 13.3. The van der Waals surface area contributed by atoms with Crippen LogP contribution >= 0.6 is 0 Å². The normalized spacial score (nSPS) is 27.2. The van der Waals surface area contributed by atoms with Gasteiger partial charge in [0, 0.05) is 55.8 Å². The lowest BCUT2D eigenvalue weighted by atomic mass is 9.84. The lowest BCUT2D eigenvalue weighted by molar-refractivity contribution is -0.142. The lowest BCUT2D eigenvalue weighted by Crippen LogP contribution is -2.58. The number of phenols is 1. The van der Waals surface area contributed by atoms with E-state index in [9.17, 15) is 14.7 Å². The number of ether oxygens (including phenoxy) is 2. The monoisotopic (exact) mass is 661 g/mol. The first-order valence-electron chi connectivity index (χ1n) is 17.9. The lowest BCUT2D eigenvalue weighted by Gasteiger charge is -2.48. The SMILES string of the molecule is CC(C)(C)OC(=O)N1CCC(OC2CC(N3CCC(C(=O)N4C5CCC4CN(c4cc(-c6ccccc6O)nnc4N)C5)CC3)C2)CC1. The van der Waals surface area contributed by atoms with Gasteiger partial charge in [0.05, 0.1) is 23.6 Å². The van der Waals surface area contributed by atoms with Crippen molar-refractivity contribution in [2.24, 2.45) is 5.92 Å². The summed E-state index contributed by atoms with van der Waals surface area (Å²) in [6.45, 7) is 10.4. The summed E-state index contributed by atoms with van der Waals surface area (Å²) < 4.78 is 12.0. The molecule has 260 valence electrons. The number of benzene rings is 1. The molecule has 3 N–H and O–H groups in total. The average Bonchev–Trinajstić information content (AvgIpc) is 3.31. The smallest absolute Gasteiger partial charge is 0.410 e. The van der Waals surface area contributed by atoms with Crippen LogP contribution in [0, 0.1) is 5.92 Å². The van der Waals surface area contributed by atoms with Crippen LogP contribution in [0.25, 0.3) is 11.3 Å². The quantitative estimate of drug-likeness (QED) is 0.462. The highest BCUT2D eigenvalue weighted by atomic mass is 16.6. The van der Waals surface area contributed by atoms with Crippen LogP contribution in [0.3, 0.4) is 0 Å². The molecule has 2 unspecified atom stereocenters. The predicted molar refractivity (Wildman–Crippen MR) is 182 cm³/mol. The van der Waals surface area contributed by atoms with Gasteiger partial charge in [-0.15, -0.1) is 10.2 Å². The standard InChI is InChI=1S/C36H51N7O5/c1-36(2,3)48-35(46)41-16-12-27(13-17-41)47-28-18-26(19-28)40-14-10-23(11-15-40)34(45)43-24-8-9-25(43)22-42(21-24)31-20-30(38-39-33(31)37)29-6-4-5-7-32(29)44/h4-7,20,23-28,44H,8-19,21-22H2,1-3H3,(H2,37,39). The molecule has 2 bridgehead atoms. The van der Waals surface area contributed by atoms with Gasteiger partial charge in [0.25, 0.3) is 0 Å². The number of para-hydroxylation sites is 1. The molecule has 4 saturated heterocycles. The summed E-state index contributed by atoms with van der Waals surface area (Å²) in [4.78, 5) is 35.1. The van der Waals surface area contributed by atoms with Gasteiger partial charge in [0.2, 0.25) is 5.91 Å². The molecule has 5 aliphatic rings. The van der Waals surface area contributed by atoms with Crippen LogP contribution < -0.4 is 10.6 Å².